The van der Waals surface area contributed by atoms with Crippen molar-refractivity contribution in [2.45, 2.75) is 20.1 Å². The van der Waals surface area contributed by atoms with E-state index < -0.39 is 0 Å². The fourth-order valence-electron chi connectivity index (χ4n) is 2.11. The maximum absolute atomic E-state index is 9.29. The molecule has 0 bridgehead atoms. The van der Waals surface area contributed by atoms with Gasteiger partial charge in [0.05, 0.1) is 6.61 Å². The Labute approximate surface area is 104 Å². The molecule has 5 heteroatoms. The van der Waals surface area contributed by atoms with Crippen molar-refractivity contribution >= 4 is 10.9 Å². The summed E-state index contributed by atoms with van der Waals surface area (Å²) in [6.07, 6.45) is 1.96. The number of rotatable bonds is 3. The molecule has 2 aromatic heterocycles. The molecular formula is C13H13N3O2. The molecule has 0 aliphatic heterocycles. The van der Waals surface area contributed by atoms with Crippen LogP contribution in [0.3, 0.4) is 0 Å². The Kier molecular flexibility index (Phi) is 2.60. The molecule has 5 nitrogen and oxygen atoms in total. The Bertz CT molecular complexity index is 684. The topological polar surface area (TPSA) is 64.1 Å². The lowest BCUT2D eigenvalue weighted by molar-refractivity contribution is 0.283. The molecule has 0 unspecified atom stereocenters. The zero-order valence-corrected chi connectivity index (χ0v) is 10.00. The van der Waals surface area contributed by atoms with E-state index in [0.717, 1.165) is 16.5 Å². The van der Waals surface area contributed by atoms with Crippen LogP contribution >= 0.6 is 0 Å². The van der Waals surface area contributed by atoms with Gasteiger partial charge in [0, 0.05) is 24.0 Å². The first kappa shape index (κ1) is 11.0. The van der Waals surface area contributed by atoms with Gasteiger partial charge in [0.25, 0.3) is 0 Å². The maximum Gasteiger partial charge on any atom is 0.236 e. The number of hydrogen-bond donors (Lipinski definition) is 1. The molecule has 1 aromatic carbocycles. The molecule has 0 atom stereocenters. The Morgan fingerprint density at radius 1 is 1.28 bits per heavy atom. The molecule has 18 heavy (non-hydrogen) atoms. The first-order chi connectivity index (χ1) is 8.78. The Balaban J connectivity index is 2.02. The monoisotopic (exact) mass is 243 g/mol. The summed E-state index contributed by atoms with van der Waals surface area (Å²) in [6.45, 7) is 2.36. The van der Waals surface area contributed by atoms with Gasteiger partial charge in [0.2, 0.25) is 11.8 Å². The summed E-state index contributed by atoms with van der Waals surface area (Å²) in [5.74, 6) is 1.15. The number of nitrogens with zero attached hydrogens (tertiary/aromatic N) is 3. The predicted molar refractivity (Wildman–Crippen MR) is 66.0 cm³/mol. The summed E-state index contributed by atoms with van der Waals surface area (Å²) in [4.78, 5) is 0. The molecule has 0 amide bonds. The van der Waals surface area contributed by atoms with Crippen LogP contribution in [0.4, 0.5) is 0 Å². The van der Waals surface area contributed by atoms with Gasteiger partial charge < -0.3 is 14.1 Å². The highest BCUT2D eigenvalue weighted by molar-refractivity contribution is 5.83. The smallest absolute Gasteiger partial charge is 0.236 e. The van der Waals surface area contributed by atoms with E-state index >= 15 is 0 Å². The highest BCUT2D eigenvalue weighted by atomic mass is 16.4. The van der Waals surface area contributed by atoms with Gasteiger partial charge in [-0.15, -0.1) is 10.2 Å². The van der Waals surface area contributed by atoms with Crippen molar-refractivity contribution in [2.24, 2.45) is 0 Å². The summed E-state index contributed by atoms with van der Waals surface area (Å²) in [5, 5.41) is 18.1. The van der Waals surface area contributed by atoms with Crippen molar-refractivity contribution in [3.8, 4) is 0 Å². The number of fused-ring (bicyclic) bond motifs is 1. The van der Waals surface area contributed by atoms with Crippen LogP contribution in [0, 0.1) is 6.92 Å². The molecule has 1 N–H and O–H groups in total. The molecule has 3 rings (SSSR count). The highest BCUT2D eigenvalue weighted by Crippen LogP contribution is 2.21. The largest absolute Gasteiger partial charge is 0.424 e. The molecule has 0 fully saturated rings. The van der Waals surface area contributed by atoms with Gasteiger partial charge in [-0.05, 0) is 17.7 Å². The van der Waals surface area contributed by atoms with E-state index in [0.29, 0.717) is 18.3 Å². The zero-order valence-electron chi connectivity index (χ0n) is 10.00. The molecule has 2 heterocycles. The van der Waals surface area contributed by atoms with Crippen LogP contribution in [-0.2, 0) is 13.2 Å². The van der Waals surface area contributed by atoms with Crippen LogP contribution in [0.25, 0.3) is 10.9 Å². The Morgan fingerprint density at radius 2 is 2.17 bits per heavy atom. The molecule has 3 aromatic rings. The van der Waals surface area contributed by atoms with Crippen LogP contribution in [0.5, 0.6) is 0 Å². The van der Waals surface area contributed by atoms with Gasteiger partial charge in [-0.1, -0.05) is 12.1 Å². The first-order valence-electron chi connectivity index (χ1n) is 5.74. The summed E-state index contributed by atoms with van der Waals surface area (Å²) >= 11 is 0. The lowest BCUT2D eigenvalue weighted by atomic mass is 10.1. The first-order valence-corrected chi connectivity index (χ1v) is 5.74. The second kappa shape index (κ2) is 4.27. The van der Waals surface area contributed by atoms with Gasteiger partial charge in [0.15, 0.2) is 0 Å². The third kappa shape index (κ3) is 1.78. The number of aliphatic hydroxyl groups is 1. The van der Waals surface area contributed by atoms with Crippen molar-refractivity contribution in [2.75, 3.05) is 0 Å². The average Bonchev–Trinajstić information content (AvgIpc) is 2.97. The third-order valence-corrected chi connectivity index (χ3v) is 2.95. The van der Waals surface area contributed by atoms with E-state index in [2.05, 4.69) is 10.2 Å². The molecule has 92 valence electrons. The summed E-state index contributed by atoms with van der Waals surface area (Å²) < 4.78 is 7.40. The maximum atomic E-state index is 9.29. The van der Waals surface area contributed by atoms with E-state index in [4.69, 9.17) is 4.42 Å². The van der Waals surface area contributed by atoms with Gasteiger partial charge in [-0.25, -0.2) is 0 Å². The van der Waals surface area contributed by atoms with Crippen molar-refractivity contribution < 1.29 is 9.52 Å². The number of aryl methyl sites for hydroxylation is 1. The van der Waals surface area contributed by atoms with Crippen LogP contribution in [0.15, 0.2) is 34.9 Å². The fraction of sp³-hybridized carbons (Fsp3) is 0.231. The molecule has 0 spiro atoms. The quantitative estimate of drug-likeness (QED) is 0.762. The molecule has 0 saturated carbocycles. The van der Waals surface area contributed by atoms with Gasteiger partial charge in [-0.3, -0.25) is 0 Å². The number of benzene rings is 1. The van der Waals surface area contributed by atoms with E-state index in [1.54, 1.807) is 6.92 Å². The minimum Gasteiger partial charge on any atom is -0.424 e. The van der Waals surface area contributed by atoms with Crippen molar-refractivity contribution in [3.63, 3.8) is 0 Å². The number of hydrogen-bond acceptors (Lipinski definition) is 4. The van der Waals surface area contributed by atoms with Gasteiger partial charge in [0.1, 0.15) is 6.54 Å². The highest BCUT2D eigenvalue weighted by Gasteiger charge is 2.08. The van der Waals surface area contributed by atoms with Crippen molar-refractivity contribution in [3.05, 3.63) is 47.8 Å². The normalized spacial score (nSPS) is 11.2. The standard InChI is InChI=1S/C13H13N3O2/c1-9-14-15-13(18-9)7-16-6-5-11-10(8-17)3-2-4-12(11)16/h2-6,17H,7-8H2,1H3. The van der Waals surface area contributed by atoms with Crippen LogP contribution in [-0.4, -0.2) is 19.9 Å². The lowest BCUT2D eigenvalue weighted by Crippen LogP contribution is -1.98. The van der Waals surface area contributed by atoms with Gasteiger partial charge >= 0.3 is 0 Å². The van der Waals surface area contributed by atoms with Crippen molar-refractivity contribution in [1.29, 1.82) is 0 Å². The van der Waals surface area contributed by atoms with Gasteiger partial charge in [-0.2, -0.15) is 0 Å². The SMILES string of the molecule is Cc1nnc(Cn2ccc3c(CO)cccc32)o1. The van der Waals surface area contributed by atoms with E-state index in [9.17, 15) is 5.11 Å². The van der Waals surface area contributed by atoms with E-state index in [1.165, 1.54) is 0 Å². The molecular weight excluding hydrogens is 230 g/mol. The minimum absolute atomic E-state index is 0.0427. The second-order valence-corrected chi connectivity index (χ2v) is 4.17. The van der Waals surface area contributed by atoms with Crippen LogP contribution in [0.2, 0.25) is 0 Å². The molecule has 0 saturated heterocycles. The molecule has 0 radical (unpaired) electrons. The number of aromatic nitrogens is 3. The zero-order chi connectivity index (χ0) is 12.5. The fourth-order valence-corrected chi connectivity index (χ4v) is 2.11. The molecule has 0 aliphatic carbocycles. The van der Waals surface area contributed by atoms with Crippen molar-refractivity contribution in [1.82, 2.24) is 14.8 Å². The van der Waals surface area contributed by atoms with E-state index in [-0.39, 0.29) is 6.61 Å². The summed E-state index contributed by atoms with van der Waals surface area (Å²) in [6, 6.07) is 7.86. The summed E-state index contributed by atoms with van der Waals surface area (Å²) in [5.41, 5.74) is 1.98. The average molecular weight is 243 g/mol. The predicted octanol–water partition coefficient (Wildman–Crippen LogP) is 1.87. The number of aliphatic hydroxyl groups excluding tert-OH is 1. The lowest BCUT2D eigenvalue weighted by Gasteiger charge is -2.03. The van der Waals surface area contributed by atoms with Crippen LogP contribution < -0.4 is 0 Å². The summed E-state index contributed by atoms with van der Waals surface area (Å²) in [7, 11) is 0. The van der Waals surface area contributed by atoms with Crippen LogP contribution in [0.1, 0.15) is 17.3 Å². The van der Waals surface area contributed by atoms with E-state index in [1.807, 2.05) is 35.0 Å². The molecule has 0 aliphatic rings. The third-order valence-electron chi connectivity index (χ3n) is 2.95. The minimum atomic E-state index is 0.0427. The second-order valence-electron chi connectivity index (χ2n) is 4.17. The Morgan fingerprint density at radius 3 is 2.89 bits per heavy atom. The Hall–Kier alpha value is -2.14.